The zero-order chi connectivity index (χ0) is 22.8. The number of carbonyl (C=O) groups excluding carboxylic acids is 2. The van der Waals surface area contributed by atoms with Gasteiger partial charge in [-0.2, -0.15) is 0 Å². The van der Waals surface area contributed by atoms with E-state index in [0.29, 0.717) is 22.4 Å². The standard InChI is InChI=1S/C24H35Cl2N3O2/c1-17(30)28-9-7-18(8-10-28)14-23(31)29-12-11-27(16-22(29)24(2,3)4)15-19-5-6-20(25)21(26)13-19/h5-6,13,18,22H,7-12,14-16H2,1-4H3. The molecule has 0 saturated carbocycles. The van der Waals surface area contributed by atoms with Gasteiger partial charge in [-0.05, 0) is 41.9 Å². The molecular formula is C24H35Cl2N3O2. The Bertz CT molecular complexity index is 801. The number of rotatable bonds is 4. The molecule has 2 amide bonds. The maximum absolute atomic E-state index is 13.3. The smallest absolute Gasteiger partial charge is 0.223 e. The summed E-state index contributed by atoms with van der Waals surface area (Å²) in [6, 6.07) is 5.96. The highest BCUT2D eigenvalue weighted by Crippen LogP contribution is 2.31. The van der Waals surface area contributed by atoms with Crippen molar-refractivity contribution in [1.29, 1.82) is 0 Å². The average molecular weight is 468 g/mol. The third kappa shape index (κ3) is 6.36. The van der Waals surface area contributed by atoms with Crippen LogP contribution < -0.4 is 0 Å². The highest BCUT2D eigenvalue weighted by Gasteiger charge is 2.38. The minimum absolute atomic E-state index is 0.00996. The number of amides is 2. The van der Waals surface area contributed by atoms with E-state index in [9.17, 15) is 9.59 Å². The summed E-state index contributed by atoms with van der Waals surface area (Å²) < 4.78 is 0. The van der Waals surface area contributed by atoms with Gasteiger partial charge in [0, 0.05) is 58.7 Å². The van der Waals surface area contributed by atoms with Crippen LogP contribution in [0.2, 0.25) is 10.0 Å². The van der Waals surface area contributed by atoms with Crippen molar-refractivity contribution in [3.63, 3.8) is 0 Å². The van der Waals surface area contributed by atoms with Gasteiger partial charge >= 0.3 is 0 Å². The van der Waals surface area contributed by atoms with Gasteiger partial charge in [0.15, 0.2) is 0 Å². The van der Waals surface area contributed by atoms with Crippen LogP contribution in [0.5, 0.6) is 0 Å². The first-order valence-corrected chi connectivity index (χ1v) is 12.0. The summed E-state index contributed by atoms with van der Waals surface area (Å²) in [5.74, 6) is 0.768. The van der Waals surface area contributed by atoms with Gasteiger partial charge in [-0.1, -0.05) is 50.0 Å². The number of piperidine rings is 1. The van der Waals surface area contributed by atoms with Crippen LogP contribution in [-0.2, 0) is 16.1 Å². The summed E-state index contributed by atoms with van der Waals surface area (Å²) in [6.45, 7) is 13.0. The van der Waals surface area contributed by atoms with Crippen molar-refractivity contribution in [1.82, 2.24) is 14.7 Å². The first-order valence-electron chi connectivity index (χ1n) is 11.3. The van der Waals surface area contributed by atoms with Crippen LogP contribution >= 0.6 is 23.2 Å². The van der Waals surface area contributed by atoms with Gasteiger partial charge in [0.25, 0.3) is 0 Å². The zero-order valence-corrected chi connectivity index (χ0v) is 20.7. The lowest BCUT2D eigenvalue weighted by Gasteiger charge is -2.48. The summed E-state index contributed by atoms with van der Waals surface area (Å²) in [5, 5.41) is 1.15. The van der Waals surface area contributed by atoms with E-state index in [1.54, 1.807) is 6.92 Å². The Kier molecular flexibility index (Phi) is 7.93. The van der Waals surface area contributed by atoms with E-state index in [-0.39, 0.29) is 23.3 Å². The first kappa shape index (κ1) is 24.3. The molecule has 3 rings (SSSR count). The van der Waals surface area contributed by atoms with Gasteiger partial charge in [0.1, 0.15) is 0 Å². The van der Waals surface area contributed by atoms with Crippen molar-refractivity contribution in [2.24, 2.45) is 11.3 Å². The predicted molar refractivity (Wildman–Crippen MR) is 126 cm³/mol. The number of hydrogen-bond donors (Lipinski definition) is 0. The molecule has 0 aromatic heterocycles. The largest absolute Gasteiger partial charge is 0.343 e. The van der Waals surface area contributed by atoms with Crippen LogP contribution in [0.15, 0.2) is 18.2 Å². The third-order valence-corrected chi connectivity index (χ3v) is 7.44. The van der Waals surface area contributed by atoms with Crippen molar-refractivity contribution in [3.8, 4) is 0 Å². The molecular weight excluding hydrogens is 433 g/mol. The van der Waals surface area contributed by atoms with Crippen LogP contribution in [0.25, 0.3) is 0 Å². The van der Waals surface area contributed by atoms with E-state index in [1.165, 1.54) is 0 Å². The summed E-state index contributed by atoms with van der Waals surface area (Å²) in [4.78, 5) is 31.2. The lowest BCUT2D eigenvalue weighted by Crippen LogP contribution is -2.59. The molecule has 2 fully saturated rings. The van der Waals surface area contributed by atoms with E-state index in [1.807, 2.05) is 23.1 Å². The van der Waals surface area contributed by atoms with Crippen LogP contribution in [-0.4, -0.2) is 65.3 Å². The van der Waals surface area contributed by atoms with Gasteiger partial charge < -0.3 is 9.80 Å². The molecule has 2 aliphatic rings. The average Bonchev–Trinajstić information content (AvgIpc) is 2.70. The normalized spacial score (nSPS) is 21.4. The van der Waals surface area contributed by atoms with Crippen LogP contribution in [0.3, 0.4) is 0 Å². The van der Waals surface area contributed by atoms with Crippen molar-refractivity contribution in [2.75, 3.05) is 32.7 Å². The Morgan fingerprint density at radius 3 is 2.29 bits per heavy atom. The molecule has 1 atom stereocenters. The van der Waals surface area contributed by atoms with Crippen LogP contribution in [0, 0.1) is 11.3 Å². The van der Waals surface area contributed by atoms with E-state index < -0.39 is 0 Å². The van der Waals surface area contributed by atoms with E-state index in [0.717, 1.165) is 57.7 Å². The predicted octanol–water partition coefficient (Wildman–Crippen LogP) is 4.70. The Labute approximate surface area is 196 Å². The lowest BCUT2D eigenvalue weighted by atomic mass is 9.83. The number of piperazine rings is 1. The van der Waals surface area contributed by atoms with E-state index in [2.05, 4.69) is 30.6 Å². The molecule has 1 aromatic carbocycles. The summed E-state index contributed by atoms with van der Waals surface area (Å²) in [5.41, 5.74) is 1.13. The monoisotopic (exact) mass is 467 g/mol. The molecule has 2 heterocycles. The van der Waals surface area contributed by atoms with Gasteiger partial charge in [-0.3, -0.25) is 14.5 Å². The molecule has 1 aromatic rings. The highest BCUT2D eigenvalue weighted by molar-refractivity contribution is 6.42. The Balaban J connectivity index is 1.61. The third-order valence-electron chi connectivity index (χ3n) is 6.70. The molecule has 172 valence electrons. The molecule has 2 saturated heterocycles. The molecule has 7 heteroatoms. The first-order chi connectivity index (χ1) is 14.5. The molecule has 5 nitrogen and oxygen atoms in total. The van der Waals surface area contributed by atoms with Crippen molar-refractivity contribution >= 4 is 35.0 Å². The molecule has 0 spiro atoms. The van der Waals surface area contributed by atoms with Crippen molar-refractivity contribution in [2.45, 2.75) is 59.5 Å². The van der Waals surface area contributed by atoms with Gasteiger partial charge in [-0.15, -0.1) is 0 Å². The van der Waals surface area contributed by atoms with Crippen molar-refractivity contribution in [3.05, 3.63) is 33.8 Å². The molecule has 2 aliphatic heterocycles. The molecule has 0 bridgehead atoms. The maximum Gasteiger partial charge on any atom is 0.223 e. The van der Waals surface area contributed by atoms with Crippen LogP contribution in [0.1, 0.15) is 52.5 Å². The minimum atomic E-state index is -0.00996. The highest BCUT2D eigenvalue weighted by atomic mass is 35.5. The van der Waals surface area contributed by atoms with Gasteiger partial charge in [0.05, 0.1) is 10.0 Å². The fourth-order valence-electron chi connectivity index (χ4n) is 4.74. The van der Waals surface area contributed by atoms with Crippen LogP contribution in [0.4, 0.5) is 0 Å². The second kappa shape index (κ2) is 10.1. The lowest BCUT2D eigenvalue weighted by molar-refractivity contribution is -0.141. The summed E-state index contributed by atoms with van der Waals surface area (Å²) in [6.07, 6.45) is 2.43. The van der Waals surface area contributed by atoms with E-state index in [4.69, 9.17) is 23.2 Å². The zero-order valence-electron chi connectivity index (χ0n) is 19.2. The van der Waals surface area contributed by atoms with E-state index >= 15 is 0 Å². The maximum atomic E-state index is 13.3. The second-order valence-corrected chi connectivity index (χ2v) is 10.9. The summed E-state index contributed by atoms with van der Waals surface area (Å²) in [7, 11) is 0. The van der Waals surface area contributed by atoms with Gasteiger partial charge in [-0.25, -0.2) is 0 Å². The fraction of sp³-hybridized carbons (Fsp3) is 0.667. The quantitative estimate of drug-likeness (QED) is 0.644. The van der Waals surface area contributed by atoms with Crippen molar-refractivity contribution < 1.29 is 9.59 Å². The number of likely N-dealkylation sites (tertiary alicyclic amines) is 1. The molecule has 0 N–H and O–H groups in total. The Morgan fingerprint density at radius 1 is 1.03 bits per heavy atom. The fourth-order valence-corrected chi connectivity index (χ4v) is 5.06. The second-order valence-electron chi connectivity index (χ2n) is 10.1. The molecule has 1 unspecified atom stereocenters. The number of benzene rings is 1. The number of nitrogens with zero attached hydrogens (tertiary/aromatic N) is 3. The summed E-state index contributed by atoms with van der Waals surface area (Å²) >= 11 is 12.2. The number of halogens is 2. The SMILES string of the molecule is CC(=O)N1CCC(CC(=O)N2CCN(Cc3ccc(Cl)c(Cl)c3)CC2C(C)(C)C)CC1. The number of carbonyl (C=O) groups is 2. The minimum Gasteiger partial charge on any atom is -0.343 e. The topological polar surface area (TPSA) is 43.9 Å². The molecule has 31 heavy (non-hydrogen) atoms. The molecule has 0 aliphatic carbocycles. The number of hydrogen-bond acceptors (Lipinski definition) is 3. The molecule has 0 radical (unpaired) electrons. The van der Waals surface area contributed by atoms with Gasteiger partial charge in [0.2, 0.25) is 11.8 Å². The Hall–Kier alpha value is -1.30. The Morgan fingerprint density at radius 2 is 1.71 bits per heavy atom.